The Hall–Kier alpha value is -1.93. The SMILES string of the molecule is C=C(C)C(=O)NN.CCOOC(=O)CCC(=O)O. The van der Waals surface area contributed by atoms with E-state index in [0.29, 0.717) is 5.57 Å². The molecule has 0 heterocycles. The summed E-state index contributed by atoms with van der Waals surface area (Å²) in [5.41, 5.74) is 2.34. The van der Waals surface area contributed by atoms with Crippen LogP contribution in [0.5, 0.6) is 0 Å². The van der Waals surface area contributed by atoms with Crippen molar-refractivity contribution in [2.24, 2.45) is 5.84 Å². The number of carboxylic acids is 1. The number of amides is 1. The van der Waals surface area contributed by atoms with Gasteiger partial charge in [-0.2, -0.15) is 4.89 Å². The first-order chi connectivity index (χ1) is 8.34. The third kappa shape index (κ3) is 14.1. The summed E-state index contributed by atoms with van der Waals surface area (Å²) >= 11 is 0. The van der Waals surface area contributed by atoms with Gasteiger partial charge in [0.25, 0.3) is 5.91 Å². The molecular formula is C10H18N2O6. The Kier molecular flexibility index (Phi) is 11.8. The zero-order chi connectivity index (χ0) is 14.6. The molecular weight excluding hydrogens is 244 g/mol. The minimum absolute atomic E-state index is 0.157. The highest BCUT2D eigenvalue weighted by molar-refractivity contribution is 5.91. The van der Waals surface area contributed by atoms with E-state index in [4.69, 9.17) is 10.9 Å². The number of hydrogen-bond acceptors (Lipinski definition) is 6. The predicted octanol–water partition coefficient (Wildman–Crippen LogP) is -0.102. The zero-order valence-electron chi connectivity index (χ0n) is 10.4. The molecule has 0 aromatic carbocycles. The zero-order valence-corrected chi connectivity index (χ0v) is 10.4. The lowest BCUT2D eigenvalue weighted by Crippen LogP contribution is -2.30. The van der Waals surface area contributed by atoms with E-state index in [1.54, 1.807) is 13.8 Å². The van der Waals surface area contributed by atoms with Crippen molar-refractivity contribution in [2.45, 2.75) is 26.7 Å². The summed E-state index contributed by atoms with van der Waals surface area (Å²) in [5, 5.41) is 8.14. The van der Waals surface area contributed by atoms with Crippen LogP contribution in [0.1, 0.15) is 26.7 Å². The number of carbonyl (C=O) groups excluding carboxylic acids is 2. The highest BCUT2D eigenvalue weighted by atomic mass is 17.2. The number of aliphatic carboxylic acids is 1. The van der Waals surface area contributed by atoms with E-state index < -0.39 is 11.9 Å². The maximum Gasteiger partial charge on any atom is 0.342 e. The molecule has 8 nitrogen and oxygen atoms in total. The first-order valence-electron chi connectivity index (χ1n) is 5.05. The van der Waals surface area contributed by atoms with Crippen LogP contribution in [-0.4, -0.2) is 29.6 Å². The molecule has 0 aliphatic carbocycles. The van der Waals surface area contributed by atoms with Gasteiger partial charge >= 0.3 is 11.9 Å². The molecule has 0 saturated carbocycles. The van der Waals surface area contributed by atoms with Gasteiger partial charge in [0, 0.05) is 5.57 Å². The molecule has 0 atom stereocenters. The number of nitrogens with one attached hydrogen (secondary N) is 1. The van der Waals surface area contributed by atoms with Gasteiger partial charge in [-0.05, 0) is 13.8 Å². The lowest BCUT2D eigenvalue weighted by Gasteiger charge is -1.98. The molecule has 104 valence electrons. The van der Waals surface area contributed by atoms with Crippen molar-refractivity contribution in [3.8, 4) is 0 Å². The monoisotopic (exact) mass is 262 g/mol. The molecule has 4 N–H and O–H groups in total. The summed E-state index contributed by atoms with van der Waals surface area (Å²) in [7, 11) is 0. The summed E-state index contributed by atoms with van der Waals surface area (Å²) in [5.74, 6) is 2.71. The minimum Gasteiger partial charge on any atom is -0.481 e. The van der Waals surface area contributed by atoms with E-state index >= 15 is 0 Å². The second-order valence-electron chi connectivity index (χ2n) is 3.01. The molecule has 0 spiro atoms. The third-order valence-corrected chi connectivity index (χ3v) is 1.33. The van der Waals surface area contributed by atoms with Crippen LogP contribution in [0.15, 0.2) is 12.2 Å². The molecule has 0 aliphatic heterocycles. The Morgan fingerprint density at radius 2 is 1.89 bits per heavy atom. The van der Waals surface area contributed by atoms with Crippen LogP contribution in [0.3, 0.4) is 0 Å². The first-order valence-corrected chi connectivity index (χ1v) is 5.05. The average molecular weight is 262 g/mol. The van der Waals surface area contributed by atoms with E-state index in [1.165, 1.54) is 0 Å². The fraction of sp³-hybridized carbons (Fsp3) is 0.500. The number of carbonyl (C=O) groups is 3. The van der Waals surface area contributed by atoms with Crippen LogP contribution in [0.25, 0.3) is 0 Å². The van der Waals surface area contributed by atoms with Crippen molar-refractivity contribution in [3.63, 3.8) is 0 Å². The van der Waals surface area contributed by atoms with Crippen LogP contribution in [0, 0.1) is 0 Å². The fourth-order valence-corrected chi connectivity index (χ4v) is 0.499. The van der Waals surface area contributed by atoms with Gasteiger partial charge in [-0.25, -0.2) is 10.6 Å². The highest BCUT2D eigenvalue weighted by Gasteiger charge is 2.06. The van der Waals surface area contributed by atoms with Crippen molar-refractivity contribution >= 4 is 17.8 Å². The van der Waals surface area contributed by atoms with Crippen molar-refractivity contribution in [2.75, 3.05) is 6.61 Å². The van der Waals surface area contributed by atoms with E-state index in [1.807, 2.05) is 5.43 Å². The fourth-order valence-electron chi connectivity index (χ4n) is 0.499. The number of hydrogen-bond donors (Lipinski definition) is 3. The third-order valence-electron chi connectivity index (χ3n) is 1.33. The van der Waals surface area contributed by atoms with Gasteiger partial charge in [-0.1, -0.05) is 6.58 Å². The normalized spacial score (nSPS) is 8.61. The molecule has 0 fully saturated rings. The van der Waals surface area contributed by atoms with E-state index in [0.717, 1.165) is 0 Å². The van der Waals surface area contributed by atoms with Crippen LogP contribution in [0.4, 0.5) is 0 Å². The Labute approximate surface area is 105 Å². The highest BCUT2D eigenvalue weighted by Crippen LogP contribution is 1.92. The molecule has 0 aliphatic rings. The van der Waals surface area contributed by atoms with Gasteiger partial charge < -0.3 is 5.11 Å². The van der Waals surface area contributed by atoms with Gasteiger partial charge in [0.15, 0.2) is 0 Å². The Morgan fingerprint density at radius 3 is 2.17 bits per heavy atom. The van der Waals surface area contributed by atoms with Crippen LogP contribution in [-0.2, 0) is 24.2 Å². The van der Waals surface area contributed by atoms with Gasteiger partial charge in [0.1, 0.15) is 0 Å². The maximum absolute atomic E-state index is 10.5. The molecule has 0 bridgehead atoms. The lowest BCUT2D eigenvalue weighted by molar-refractivity contribution is -0.269. The summed E-state index contributed by atoms with van der Waals surface area (Å²) in [4.78, 5) is 39.0. The van der Waals surface area contributed by atoms with Gasteiger partial charge in [-0.3, -0.25) is 19.9 Å². The Morgan fingerprint density at radius 1 is 1.33 bits per heavy atom. The second-order valence-corrected chi connectivity index (χ2v) is 3.01. The van der Waals surface area contributed by atoms with Crippen molar-refractivity contribution in [1.82, 2.24) is 5.43 Å². The Balaban J connectivity index is 0. The summed E-state index contributed by atoms with van der Waals surface area (Å²) in [6, 6.07) is 0. The number of rotatable bonds is 6. The molecule has 0 radical (unpaired) electrons. The second kappa shape index (κ2) is 11.6. The molecule has 18 heavy (non-hydrogen) atoms. The van der Waals surface area contributed by atoms with Gasteiger partial charge in [0.2, 0.25) is 0 Å². The minimum atomic E-state index is -1.03. The summed E-state index contributed by atoms with van der Waals surface area (Å²) in [6.45, 7) is 6.84. The summed E-state index contributed by atoms with van der Waals surface area (Å²) < 4.78 is 0. The molecule has 1 amide bonds. The standard InChI is InChI=1S/C6H10O5.C4H8N2O/c1-2-10-11-6(9)4-3-5(7)8;1-3(2)4(7)6-5/h2-4H2,1H3,(H,7,8);1,5H2,2H3,(H,6,7). The Bertz CT molecular complexity index is 303. The smallest absolute Gasteiger partial charge is 0.342 e. The molecule has 0 aromatic heterocycles. The van der Waals surface area contributed by atoms with Crippen molar-refractivity contribution in [1.29, 1.82) is 0 Å². The van der Waals surface area contributed by atoms with Crippen molar-refractivity contribution in [3.05, 3.63) is 12.2 Å². The largest absolute Gasteiger partial charge is 0.481 e. The molecule has 0 saturated heterocycles. The topological polar surface area (TPSA) is 128 Å². The maximum atomic E-state index is 10.5. The molecule has 0 rings (SSSR count). The molecule has 0 aromatic rings. The summed E-state index contributed by atoms with van der Waals surface area (Å²) in [6.07, 6.45) is -0.388. The van der Waals surface area contributed by atoms with Crippen molar-refractivity contribution < 1.29 is 29.3 Å². The number of hydrazine groups is 1. The average Bonchev–Trinajstić information content (AvgIpc) is 2.33. The van der Waals surface area contributed by atoms with E-state index in [2.05, 4.69) is 16.4 Å². The predicted molar refractivity (Wildman–Crippen MR) is 61.7 cm³/mol. The van der Waals surface area contributed by atoms with Crippen LogP contribution in [0.2, 0.25) is 0 Å². The molecule has 0 unspecified atom stereocenters. The van der Waals surface area contributed by atoms with Gasteiger partial charge in [0.05, 0.1) is 19.4 Å². The van der Waals surface area contributed by atoms with E-state index in [-0.39, 0.29) is 25.4 Å². The van der Waals surface area contributed by atoms with Crippen LogP contribution < -0.4 is 11.3 Å². The lowest BCUT2D eigenvalue weighted by atomic mass is 10.3. The first kappa shape index (κ1) is 18.4. The number of carboxylic acid groups (broad SMARTS) is 1. The van der Waals surface area contributed by atoms with Crippen LogP contribution >= 0.6 is 0 Å². The quantitative estimate of drug-likeness (QED) is 0.200. The van der Waals surface area contributed by atoms with E-state index in [9.17, 15) is 14.4 Å². The van der Waals surface area contributed by atoms with Gasteiger partial charge in [-0.15, -0.1) is 0 Å². The number of nitrogens with two attached hydrogens (primary N) is 1. The molecule has 8 heteroatoms.